The summed E-state index contributed by atoms with van der Waals surface area (Å²) in [6.07, 6.45) is 0.333. The second-order valence-corrected chi connectivity index (χ2v) is 5.30. The van der Waals surface area contributed by atoms with Gasteiger partial charge in [-0.1, -0.05) is 18.5 Å². The van der Waals surface area contributed by atoms with Gasteiger partial charge in [0.2, 0.25) is 5.91 Å². The van der Waals surface area contributed by atoms with Crippen LogP contribution in [0.15, 0.2) is 11.2 Å². The number of benzene rings is 1. The second-order valence-electron chi connectivity index (χ2n) is 4.92. The molecule has 114 valence electrons. The van der Waals surface area contributed by atoms with Gasteiger partial charge in [0, 0.05) is 25.0 Å². The first-order valence-electron chi connectivity index (χ1n) is 6.46. The smallest absolute Gasteiger partial charge is 0.240 e. The van der Waals surface area contributed by atoms with Gasteiger partial charge < -0.3 is 14.6 Å². The van der Waals surface area contributed by atoms with E-state index in [9.17, 15) is 9.90 Å². The minimum Gasteiger partial charge on any atom is -0.506 e. The van der Waals surface area contributed by atoms with E-state index >= 15 is 0 Å². The number of ether oxygens (including phenoxy) is 2. The molecule has 2 rings (SSSR count). The van der Waals surface area contributed by atoms with Gasteiger partial charge in [0.1, 0.15) is 10.8 Å². The van der Waals surface area contributed by atoms with E-state index < -0.39 is 0 Å². The number of hydrogen-bond donors (Lipinski definition) is 2. The van der Waals surface area contributed by atoms with Crippen molar-refractivity contribution in [3.8, 4) is 11.5 Å². The lowest BCUT2D eigenvalue weighted by Crippen LogP contribution is -2.32. The maximum atomic E-state index is 11.4. The Bertz CT molecular complexity index is 601. The van der Waals surface area contributed by atoms with Crippen molar-refractivity contribution in [3.63, 3.8) is 0 Å². The highest BCUT2D eigenvalue weighted by atomic mass is 35.5. The maximum Gasteiger partial charge on any atom is 0.240 e. The number of methoxy groups -OCH3 is 1. The highest BCUT2D eigenvalue weighted by molar-refractivity contribution is 6.34. The van der Waals surface area contributed by atoms with Crippen LogP contribution >= 0.6 is 11.6 Å². The zero-order valence-electron chi connectivity index (χ0n) is 12.1. The average molecular weight is 313 g/mol. The van der Waals surface area contributed by atoms with Gasteiger partial charge in [-0.3, -0.25) is 4.79 Å². The highest BCUT2D eigenvalue weighted by Crippen LogP contribution is 2.40. The molecule has 1 heterocycles. The molecule has 0 saturated carbocycles. The molecule has 0 fully saturated rings. The van der Waals surface area contributed by atoms with Crippen LogP contribution in [0.2, 0.25) is 5.02 Å². The number of aryl methyl sites for hydroxylation is 1. The third-order valence-electron chi connectivity index (χ3n) is 3.24. The van der Waals surface area contributed by atoms with Crippen molar-refractivity contribution in [2.24, 2.45) is 11.0 Å². The molecule has 1 atom stereocenters. The summed E-state index contributed by atoms with van der Waals surface area (Å²) in [5, 5.41) is 14.2. The van der Waals surface area contributed by atoms with E-state index in [1.807, 2.05) is 6.92 Å². The standard InChI is InChI=1S/C14H17ClN2O4/c1-7-5-10(18)16-17-12(7)9-4-8(2)13(19)11(15)14(9)21-6-20-3/h4,7,19H,5-6H2,1-3H3,(H,16,18). The van der Waals surface area contributed by atoms with E-state index in [-0.39, 0.29) is 29.4 Å². The number of rotatable bonds is 4. The predicted molar refractivity (Wildman–Crippen MR) is 78.8 cm³/mol. The lowest BCUT2D eigenvalue weighted by molar-refractivity contribution is -0.121. The molecule has 0 saturated heterocycles. The summed E-state index contributed by atoms with van der Waals surface area (Å²) in [5.74, 6) is 0.0406. The Kier molecular flexibility index (Phi) is 4.69. The van der Waals surface area contributed by atoms with Crippen molar-refractivity contribution >= 4 is 23.2 Å². The molecule has 1 aromatic carbocycles. The number of halogens is 1. The largest absolute Gasteiger partial charge is 0.506 e. The molecule has 1 aliphatic heterocycles. The number of nitrogens with one attached hydrogen (secondary N) is 1. The number of phenols is 1. The fourth-order valence-electron chi connectivity index (χ4n) is 2.18. The summed E-state index contributed by atoms with van der Waals surface area (Å²) in [6, 6.07) is 1.74. The molecule has 1 amide bonds. The first kappa shape index (κ1) is 15.6. The molecule has 0 aromatic heterocycles. The SMILES string of the molecule is COCOc1c(C2=NNC(=O)CC2C)cc(C)c(O)c1Cl. The molecule has 1 unspecified atom stereocenters. The number of hydrazone groups is 1. The number of amides is 1. The number of phenolic OH excluding ortho intramolecular Hbond substituents is 1. The monoisotopic (exact) mass is 312 g/mol. The Morgan fingerprint density at radius 3 is 2.90 bits per heavy atom. The summed E-state index contributed by atoms with van der Waals surface area (Å²) < 4.78 is 10.4. The number of hydrogen-bond acceptors (Lipinski definition) is 5. The molecule has 1 aliphatic rings. The van der Waals surface area contributed by atoms with Crippen molar-refractivity contribution < 1.29 is 19.4 Å². The van der Waals surface area contributed by atoms with Crippen LogP contribution in [0, 0.1) is 12.8 Å². The van der Waals surface area contributed by atoms with Crippen LogP contribution in [-0.4, -0.2) is 30.6 Å². The summed E-state index contributed by atoms with van der Waals surface area (Å²) >= 11 is 6.16. The van der Waals surface area contributed by atoms with Crippen molar-refractivity contribution in [3.05, 3.63) is 22.2 Å². The second kappa shape index (κ2) is 6.32. The fourth-order valence-corrected chi connectivity index (χ4v) is 2.48. The average Bonchev–Trinajstić information content (AvgIpc) is 2.44. The van der Waals surface area contributed by atoms with Crippen LogP contribution in [0.25, 0.3) is 0 Å². The minimum atomic E-state index is -0.132. The Hall–Kier alpha value is -1.79. The third kappa shape index (κ3) is 3.11. The van der Waals surface area contributed by atoms with Gasteiger partial charge in [-0.05, 0) is 18.6 Å². The number of aromatic hydroxyl groups is 1. The fraction of sp³-hybridized carbons (Fsp3) is 0.429. The van der Waals surface area contributed by atoms with Crippen LogP contribution < -0.4 is 10.2 Å². The van der Waals surface area contributed by atoms with Gasteiger partial charge in [0.25, 0.3) is 0 Å². The normalized spacial score (nSPS) is 18.2. The first-order valence-corrected chi connectivity index (χ1v) is 6.84. The summed E-state index contributed by atoms with van der Waals surface area (Å²) in [6.45, 7) is 3.62. The third-order valence-corrected chi connectivity index (χ3v) is 3.59. The lowest BCUT2D eigenvalue weighted by Gasteiger charge is -2.22. The van der Waals surface area contributed by atoms with E-state index in [1.165, 1.54) is 7.11 Å². The molecule has 2 N–H and O–H groups in total. The van der Waals surface area contributed by atoms with Gasteiger partial charge in [-0.25, -0.2) is 5.43 Å². The Balaban J connectivity index is 2.53. The Morgan fingerprint density at radius 1 is 1.57 bits per heavy atom. The maximum absolute atomic E-state index is 11.4. The Labute approximate surface area is 127 Å². The zero-order chi connectivity index (χ0) is 15.6. The van der Waals surface area contributed by atoms with E-state index in [0.29, 0.717) is 29.0 Å². The molecular formula is C14H17ClN2O4. The van der Waals surface area contributed by atoms with Crippen LogP contribution in [0.5, 0.6) is 11.5 Å². The molecule has 21 heavy (non-hydrogen) atoms. The highest BCUT2D eigenvalue weighted by Gasteiger charge is 2.27. The molecule has 1 aromatic rings. The van der Waals surface area contributed by atoms with E-state index in [2.05, 4.69) is 10.5 Å². The molecule has 0 radical (unpaired) electrons. The molecular weight excluding hydrogens is 296 g/mol. The van der Waals surface area contributed by atoms with E-state index in [1.54, 1.807) is 13.0 Å². The van der Waals surface area contributed by atoms with Crippen LogP contribution in [0.1, 0.15) is 24.5 Å². The molecule has 0 aliphatic carbocycles. The van der Waals surface area contributed by atoms with E-state index in [0.717, 1.165) is 0 Å². The van der Waals surface area contributed by atoms with Gasteiger partial charge in [-0.2, -0.15) is 5.10 Å². The summed E-state index contributed by atoms with van der Waals surface area (Å²) in [4.78, 5) is 11.4. The van der Waals surface area contributed by atoms with E-state index in [4.69, 9.17) is 21.1 Å². The summed E-state index contributed by atoms with van der Waals surface area (Å²) in [5.41, 5.74) is 4.35. The molecule has 7 heteroatoms. The molecule has 0 spiro atoms. The van der Waals surface area contributed by atoms with Crippen molar-refractivity contribution in [1.29, 1.82) is 0 Å². The Morgan fingerprint density at radius 2 is 2.29 bits per heavy atom. The number of carbonyl (C=O) groups is 1. The number of carbonyl (C=O) groups excluding carboxylic acids is 1. The van der Waals surface area contributed by atoms with Crippen molar-refractivity contribution in [2.75, 3.05) is 13.9 Å². The quantitative estimate of drug-likeness (QED) is 0.835. The first-order chi connectivity index (χ1) is 9.95. The van der Waals surface area contributed by atoms with Crippen LogP contribution in [0.3, 0.4) is 0 Å². The van der Waals surface area contributed by atoms with Crippen LogP contribution in [0.4, 0.5) is 0 Å². The van der Waals surface area contributed by atoms with Crippen LogP contribution in [-0.2, 0) is 9.53 Å². The van der Waals surface area contributed by atoms with Gasteiger partial charge in [0.15, 0.2) is 12.5 Å². The minimum absolute atomic E-state index is 0.0107. The van der Waals surface area contributed by atoms with Gasteiger partial charge in [-0.15, -0.1) is 0 Å². The molecule has 0 bridgehead atoms. The summed E-state index contributed by atoms with van der Waals surface area (Å²) in [7, 11) is 1.49. The zero-order valence-corrected chi connectivity index (χ0v) is 12.8. The van der Waals surface area contributed by atoms with Crippen molar-refractivity contribution in [2.45, 2.75) is 20.3 Å². The predicted octanol–water partition coefficient (Wildman–Crippen LogP) is 2.20. The number of nitrogens with zero attached hydrogens (tertiary/aromatic N) is 1. The van der Waals surface area contributed by atoms with Gasteiger partial charge in [0.05, 0.1) is 5.71 Å². The topological polar surface area (TPSA) is 80.2 Å². The van der Waals surface area contributed by atoms with Gasteiger partial charge >= 0.3 is 0 Å². The van der Waals surface area contributed by atoms with Crippen molar-refractivity contribution in [1.82, 2.24) is 5.43 Å². The lowest BCUT2D eigenvalue weighted by atomic mass is 9.92. The molecule has 6 nitrogen and oxygen atoms in total.